The highest BCUT2D eigenvalue weighted by Crippen LogP contribution is 2.39. The molecule has 1 N–H and O–H groups in total. The molecule has 1 atom stereocenters. The second-order valence-electron chi connectivity index (χ2n) is 8.46. The van der Waals surface area contributed by atoms with Crippen LogP contribution in [0.1, 0.15) is 46.9 Å². The maximum absolute atomic E-state index is 13.6. The van der Waals surface area contributed by atoms with Gasteiger partial charge in [0.15, 0.2) is 5.69 Å². The average molecular weight is 539 g/mol. The molecule has 37 heavy (non-hydrogen) atoms. The zero-order valence-electron chi connectivity index (χ0n) is 19.9. The van der Waals surface area contributed by atoms with Gasteiger partial charge in [-0.3, -0.25) is 9.52 Å². The maximum Gasteiger partial charge on any atom is 0.434 e. The van der Waals surface area contributed by atoms with Crippen molar-refractivity contribution in [1.82, 2.24) is 9.71 Å². The molecule has 0 aliphatic carbocycles. The highest BCUT2D eigenvalue weighted by atomic mass is 32.2. The van der Waals surface area contributed by atoms with E-state index in [4.69, 9.17) is 4.74 Å². The first-order chi connectivity index (χ1) is 17.4. The van der Waals surface area contributed by atoms with E-state index in [1.807, 2.05) is 4.72 Å². The Hall–Kier alpha value is -3.66. The van der Waals surface area contributed by atoms with Crippen LogP contribution in [0.2, 0.25) is 0 Å². The Bertz CT molecular complexity index is 1290. The van der Waals surface area contributed by atoms with Crippen molar-refractivity contribution in [2.24, 2.45) is 5.92 Å². The summed E-state index contributed by atoms with van der Waals surface area (Å²) in [5.41, 5.74) is -2.04. The van der Waals surface area contributed by atoms with Crippen LogP contribution in [-0.4, -0.2) is 50.7 Å². The predicted molar refractivity (Wildman–Crippen MR) is 127 cm³/mol. The zero-order valence-corrected chi connectivity index (χ0v) is 20.7. The van der Waals surface area contributed by atoms with E-state index in [9.17, 15) is 36.4 Å². The van der Waals surface area contributed by atoms with Gasteiger partial charge in [-0.1, -0.05) is 30.3 Å². The third kappa shape index (κ3) is 7.19. The number of anilines is 1. The highest BCUT2D eigenvalue weighted by molar-refractivity contribution is 7.90. The molecule has 13 heteroatoms. The molecule has 2 heterocycles. The lowest BCUT2D eigenvalue weighted by molar-refractivity contribution is -0.141. The van der Waals surface area contributed by atoms with Gasteiger partial charge in [-0.05, 0) is 31.2 Å². The Balaban J connectivity index is 1.74. The number of aryl methyl sites for hydroxylation is 1. The number of alkyl halides is 3. The molecule has 3 rings (SSSR count). The van der Waals surface area contributed by atoms with E-state index >= 15 is 0 Å². The number of nitriles is 1. The number of nitrogens with zero attached hydrogens (tertiary/aromatic N) is 3. The number of sulfonamides is 1. The van der Waals surface area contributed by atoms with Gasteiger partial charge >= 0.3 is 12.1 Å². The fourth-order valence-electron chi connectivity index (χ4n) is 4.15. The van der Waals surface area contributed by atoms with E-state index in [-0.39, 0.29) is 49.5 Å². The summed E-state index contributed by atoms with van der Waals surface area (Å²) >= 11 is 0. The van der Waals surface area contributed by atoms with E-state index in [1.165, 1.54) is 11.8 Å². The number of pyridine rings is 1. The topological polar surface area (TPSA) is 129 Å². The van der Waals surface area contributed by atoms with Gasteiger partial charge in [0.25, 0.3) is 0 Å². The van der Waals surface area contributed by atoms with Crippen LogP contribution in [0, 0.1) is 17.2 Å². The number of esters is 1. The van der Waals surface area contributed by atoms with Crippen molar-refractivity contribution in [3.63, 3.8) is 0 Å². The Labute approximate surface area is 212 Å². The minimum atomic E-state index is -4.97. The molecule has 2 aromatic rings. The second kappa shape index (κ2) is 11.6. The molecular formula is C24H25F3N4O5S. The minimum Gasteiger partial charge on any atom is -0.462 e. The van der Waals surface area contributed by atoms with Crippen LogP contribution in [0.3, 0.4) is 0 Å². The third-order valence-electron chi connectivity index (χ3n) is 5.77. The summed E-state index contributed by atoms with van der Waals surface area (Å²) in [5, 5.41) is 9.50. The van der Waals surface area contributed by atoms with Crippen molar-refractivity contribution in [2.45, 2.75) is 32.4 Å². The molecule has 0 radical (unpaired) electrons. The van der Waals surface area contributed by atoms with Gasteiger partial charge in [0.1, 0.15) is 11.6 Å². The number of amides is 1. The Morgan fingerprint density at radius 2 is 1.97 bits per heavy atom. The van der Waals surface area contributed by atoms with Gasteiger partial charge in [0, 0.05) is 25.7 Å². The average Bonchev–Trinajstić information content (AvgIpc) is 3.29. The third-order valence-corrected chi connectivity index (χ3v) is 7.05. The lowest BCUT2D eigenvalue weighted by Gasteiger charge is -2.24. The van der Waals surface area contributed by atoms with Gasteiger partial charge in [-0.25, -0.2) is 18.2 Å². The summed E-state index contributed by atoms with van der Waals surface area (Å²) in [7, 11) is -3.89. The molecule has 1 aromatic heterocycles. The number of halogens is 3. The van der Waals surface area contributed by atoms with Crippen molar-refractivity contribution in [2.75, 3.05) is 30.3 Å². The monoisotopic (exact) mass is 538 g/mol. The van der Waals surface area contributed by atoms with Gasteiger partial charge in [-0.2, -0.15) is 18.4 Å². The van der Waals surface area contributed by atoms with E-state index in [1.54, 1.807) is 36.4 Å². The lowest BCUT2D eigenvalue weighted by atomic mass is 10.0. The molecule has 1 saturated heterocycles. The van der Waals surface area contributed by atoms with Crippen molar-refractivity contribution >= 4 is 27.6 Å². The molecule has 1 aromatic carbocycles. The van der Waals surface area contributed by atoms with Crippen molar-refractivity contribution < 1.29 is 35.9 Å². The minimum absolute atomic E-state index is 0.0277. The van der Waals surface area contributed by atoms with E-state index < -0.39 is 45.3 Å². The second-order valence-corrected chi connectivity index (χ2v) is 10.3. The SMILES string of the molecule is CCOC(=O)c1c(C(F)(F)F)ncc(C#N)c1N1CCC(CC(=O)NS(=O)(=O)CCc2ccccc2)C1. The summed E-state index contributed by atoms with van der Waals surface area (Å²) in [4.78, 5) is 29.7. The number of rotatable bonds is 9. The summed E-state index contributed by atoms with van der Waals surface area (Å²) in [6, 6.07) is 10.7. The van der Waals surface area contributed by atoms with Crippen LogP contribution < -0.4 is 9.62 Å². The normalized spacial score (nSPS) is 15.8. The molecule has 1 aliphatic heterocycles. The number of aromatic nitrogens is 1. The van der Waals surface area contributed by atoms with Crippen LogP contribution in [0.4, 0.5) is 18.9 Å². The Kier molecular flexibility index (Phi) is 8.75. The van der Waals surface area contributed by atoms with Gasteiger partial charge < -0.3 is 9.64 Å². The Morgan fingerprint density at radius 1 is 1.27 bits per heavy atom. The summed E-state index contributed by atoms with van der Waals surface area (Å²) < 4.78 is 72.5. The standard InChI is InChI=1S/C24H25F3N4O5S/c1-2-36-23(33)20-21(18(13-28)14-29-22(20)24(25,26)27)31-10-8-17(15-31)12-19(32)30-37(34,35)11-9-16-6-4-3-5-7-16/h3-7,14,17H,2,8-12,15H2,1H3,(H,30,32). The molecule has 198 valence electrons. The molecule has 1 fully saturated rings. The van der Waals surface area contributed by atoms with E-state index in [2.05, 4.69) is 4.98 Å². The summed E-state index contributed by atoms with van der Waals surface area (Å²) in [6.07, 6.45) is -3.88. The molecule has 9 nitrogen and oxygen atoms in total. The van der Waals surface area contributed by atoms with Crippen LogP contribution in [0.25, 0.3) is 0 Å². The fraction of sp³-hybridized carbons (Fsp3) is 0.417. The first kappa shape index (κ1) is 27.9. The summed E-state index contributed by atoms with van der Waals surface area (Å²) in [6.45, 7) is 1.42. The van der Waals surface area contributed by atoms with Gasteiger partial charge in [0.2, 0.25) is 15.9 Å². The van der Waals surface area contributed by atoms with Crippen LogP contribution in [-0.2, 0) is 32.2 Å². The largest absolute Gasteiger partial charge is 0.462 e. The first-order valence-corrected chi connectivity index (χ1v) is 13.1. The lowest BCUT2D eigenvalue weighted by Crippen LogP contribution is -2.34. The number of carbonyl (C=O) groups is 2. The van der Waals surface area contributed by atoms with E-state index in [0.717, 1.165) is 11.8 Å². The zero-order chi connectivity index (χ0) is 27.2. The summed E-state index contributed by atoms with van der Waals surface area (Å²) in [5.74, 6) is -2.71. The number of hydrogen-bond acceptors (Lipinski definition) is 8. The smallest absolute Gasteiger partial charge is 0.434 e. The Morgan fingerprint density at radius 3 is 2.59 bits per heavy atom. The number of ether oxygens (including phenoxy) is 1. The number of hydrogen-bond donors (Lipinski definition) is 1. The van der Waals surface area contributed by atoms with Crippen LogP contribution in [0.15, 0.2) is 36.5 Å². The molecule has 1 aliphatic rings. The predicted octanol–water partition coefficient (Wildman–Crippen LogP) is 3.05. The quantitative estimate of drug-likeness (QED) is 0.483. The maximum atomic E-state index is 13.6. The highest BCUT2D eigenvalue weighted by Gasteiger charge is 2.42. The van der Waals surface area contributed by atoms with E-state index in [0.29, 0.717) is 6.42 Å². The van der Waals surface area contributed by atoms with Gasteiger partial charge in [0.05, 0.1) is 23.6 Å². The molecule has 0 saturated carbocycles. The first-order valence-electron chi connectivity index (χ1n) is 11.4. The number of benzene rings is 1. The number of carbonyl (C=O) groups excluding carboxylic acids is 2. The molecule has 1 unspecified atom stereocenters. The van der Waals surface area contributed by atoms with Gasteiger partial charge in [-0.15, -0.1) is 0 Å². The molecule has 0 bridgehead atoms. The molecule has 0 spiro atoms. The molecular weight excluding hydrogens is 513 g/mol. The number of nitrogens with one attached hydrogen (secondary N) is 1. The van der Waals surface area contributed by atoms with Crippen molar-refractivity contribution in [3.8, 4) is 6.07 Å². The molecule has 1 amide bonds. The van der Waals surface area contributed by atoms with Crippen molar-refractivity contribution in [3.05, 3.63) is 58.9 Å². The van der Waals surface area contributed by atoms with Crippen LogP contribution >= 0.6 is 0 Å². The van der Waals surface area contributed by atoms with Crippen molar-refractivity contribution in [1.29, 1.82) is 5.26 Å². The van der Waals surface area contributed by atoms with Crippen LogP contribution in [0.5, 0.6) is 0 Å². The fourth-order valence-corrected chi connectivity index (χ4v) is 5.19.